The van der Waals surface area contributed by atoms with Gasteiger partial charge in [-0.05, 0) is 49.4 Å². The van der Waals surface area contributed by atoms with E-state index < -0.39 is 0 Å². The van der Waals surface area contributed by atoms with E-state index in [1.807, 2.05) is 18.2 Å². The Bertz CT molecular complexity index is 567. The second kappa shape index (κ2) is 8.41. The maximum atomic E-state index is 11.7. The minimum atomic E-state index is -0.231. The lowest BCUT2D eigenvalue weighted by atomic mass is 9.90. The van der Waals surface area contributed by atoms with E-state index in [1.165, 1.54) is 0 Å². The third kappa shape index (κ3) is 5.06. The molecule has 0 saturated heterocycles. The quantitative estimate of drug-likeness (QED) is 0.586. The van der Waals surface area contributed by atoms with Gasteiger partial charge in [0.15, 0.2) is 5.78 Å². The normalized spacial score (nSPS) is 14.3. The maximum absolute atomic E-state index is 11.7. The molecule has 22 heavy (non-hydrogen) atoms. The van der Waals surface area contributed by atoms with Crippen molar-refractivity contribution in [3.63, 3.8) is 0 Å². The van der Waals surface area contributed by atoms with Gasteiger partial charge in [-0.15, -0.1) is 0 Å². The van der Waals surface area contributed by atoms with Crippen LogP contribution in [0.1, 0.15) is 60.9 Å². The van der Waals surface area contributed by atoms with E-state index in [1.54, 1.807) is 0 Å². The Balaban J connectivity index is 1.72. The molecule has 1 aromatic carbocycles. The first kappa shape index (κ1) is 16.3. The number of carbonyl (C=O) groups is 2. The van der Waals surface area contributed by atoms with Crippen molar-refractivity contribution in [3.8, 4) is 0 Å². The Morgan fingerprint density at radius 2 is 1.95 bits per heavy atom. The molecule has 2 N–H and O–H groups in total. The fourth-order valence-electron chi connectivity index (χ4n) is 2.66. The molecule has 0 spiro atoms. The van der Waals surface area contributed by atoms with Gasteiger partial charge >= 0.3 is 0 Å². The van der Waals surface area contributed by atoms with Gasteiger partial charge in [-0.3, -0.25) is 9.59 Å². The Morgan fingerprint density at radius 3 is 2.77 bits per heavy atom. The molecule has 0 heterocycles. The molecule has 1 aliphatic rings. The highest BCUT2D eigenvalue weighted by atomic mass is 16.1. The lowest BCUT2D eigenvalue weighted by molar-refractivity contribution is -0.118. The first-order valence-electron chi connectivity index (χ1n) is 7.99. The van der Waals surface area contributed by atoms with Gasteiger partial charge in [-0.1, -0.05) is 12.8 Å². The number of nitrogens with two attached hydrogens (primary N) is 1. The number of fused-ring (bicyclic) bond motifs is 1. The molecule has 2 rings (SSSR count). The van der Waals surface area contributed by atoms with Gasteiger partial charge in [0.2, 0.25) is 5.91 Å². The summed E-state index contributed by atoms with van der Waals surface area (Å²) in [4.78, 5) is 22.3. The Hall–Kier alpha value is -2.04. The topological polar surface area (TPSA) is 84.9 Å². The average molecular weight is 301 g/mol. The molecular weight excluding hydrogens is 278 g/mol. The third-order valence-corrected chi connectivity index (χ3v) is 3.86. The highest BCUT2D eigenvalue weighted by Gasteiger charge is 2.16. The molecule has 1 aromatic rings. The molecule has 0 unspecified atom stereocenters. The average Bonchev–Trinajstić information content (AvgIpc) is 2.50. The van der Waals surface area contributed by atoms with Crippen molar-refractivity contribution in [2.24, 2.45) is 16.0 Å². The summed E-state index contributed by atoms with van der Waals surface area (Å²) in [6.45, 7) is 0.687. The zero-order valence-electron chi connectivity index (χ0n) is 12.9. The van der Waals surface area contributed by atoms with Crippen LogP contribution in [0.2, 0.25) is 0 Å². The minimum Gasteiger partial charge on any atom is -0.370 e. The van der Waals surface area contributed by atoms with Gasteiger partial charge in [0.25, 0.3) is 0 Å². The summed E-state index contributed by atoms with van der Waals surface area (Å²) in [6.07, 6.45) is 6.85. The van der Waals surface area contributed by atoms with Crippen molar-refractivity contribution in [3.05, 3.63) is 29.3 Å². The second-order valence-electron chi connectivity index (χ2n) is 5.71. The summed E-state index contributed by atoms with van der Waals surface area (Å²) < 4.78 is 0. The van der Waals surface area contributed by atoms with Gasteiger partial charge < -0.3 is 5.73 Å². The number of benzene rings is 1. The number of nitrogens with zero attached hydrogens (tertiary/aromatic N) is 2. The van der Waals surface area contributed by atoms with E-state index in [-0.39, 0.29) is 11.7 Å². The second-order valence-corrected chi connectivity index (χ2v) is 5.71. The summed E-state index contributed by atoms with van der Waals surface area (Å²) in [5, 5.41) is 8.42. The maximum Gasteiger partial charge on any atom is 0.217 e. The van der Waals surface area contributed by atoms with Crippen LogP contribution in [0.5, 0.6) is 0 Å². The SMILES string of the molecule is NC(=O)CCCCCCN=Nc1ccc2c(c1)CCCC2=O. The van der Waals surface area contributed by atoms with Gasteiger partial charge in [-0.2, -0.15) is 10.2 Å². The highest BCUT2D eigenvalue weighted by Crippen LogP contribution is 2.25. The van der Waals surface area contributed by atoms with E-state index in [9.17, 15) is 9.59 Å². The van der Waals surface area contributed by atoms with E-state index in [0.29, 0.717) is 19.4 Å². The first-order valence-corrected chi connectivity index (χ1v) is 7.99. The summed E-state index contributed by atoms with van der Waals surface area (Å²) in [5.41, 5.74) is 7.85. The fraction of sp³-hybridized carbons (Fsp3) is 0.529. The Kier molecular flexibility index (Phi) is 6.25. The number of amides is 1. The van der Waals surface area contributed by atoms with E-state index in [2.05, 4.69) is 10.2 Å². The molecule has 0 saturated carbocycles. The lowest BCUT2D eigenvalue weighted by Crippen LogP contribution is -2.09. The Morgan fingerprint density at radius 1 is 1.14 bits per heavy atom. The monoisotopic (exact) mass is 301 g/mol. The molecule has 0 fully saturated rings. The zero-order valence-corrected chi connectivity index (χ0v) is 12.9. The number of hydrogen-bond acceptors (Lipinski definition) is 4. The van der Waals surface area contributed by atoms with Crippen LogP contribution < -0.4 is 5.73 Å². The number of rotatable bonds is 8. The van der Waals surface area contributed by atoms with E-state index in [4.69, 9.17) is 5.73 Å². The summed E-state index contributed by atoms with van der Waals surface area (Å²) in [5.74, 6) is 0.00581. The molecule has 0 atom stereocenters. The number of unbranched alkanes of at least 4 members (excludes halogenated alkanes) is 3. The minimum absolute atomic E-state index is 0.231. The molecule has 5 nitrogen and oxygen atoms in total. The molecule has 0 radical (unpaired) electrons. The van der Waals surface area contributed by atoms with E-state index in [0.717, 1.165) is 55.3 Å². The molecule has 0 aliphatic heterocycles. The number of carbonyl (C=O) groups excluding carboxylic acids is 2. The van der Waals surface area contributed by atoms with Crippen LogP contribution in [0.3, 0.4) is 0 Å². The van der Waals surface area contributed by atoms with Crippen LogP contribution in [0.25, 0.3) is 0 Å². The number of primary amides is 1. The summed E-state index contributed by atoms with van der Waals surface area (Å²) >= 11 is 0. The number of aryl methyl sites for hydroxylation is 1. The smallest absolute Gasteiger partial charge is 0.217 e. The predicted octanol–water partition coefficient (Wildman–Crippen LogP) is 3.73. The van der Waals surface area contributed by atoms with Crippen molar-refractivity contribution in [1.29, 1.82) is 0 Å². The number of azo groups is 1. The van der Waals surface area contributed by atoms with Gasteiger partial charge in [0.1, 0.15) is 0 Å². The van der Waals surface area contributed by atoms with Crippen LogP contribution in [0, 0.1) is 0 Å². The molecule has 5 heteroatoms. The van der Waals surface area contributed by atoms with Crippen LogP contribution >= 0.6 is 0 Å². The Labute approximate surface area is 131 Å². The summed E-state index contributed by atoms with van der Waals surface area (Å²) in [7, 11) is 0. The van der Waals surface area contributed by atoms with Gasteiger partial charge in [-0.25, -0.2) is 0 Å². The molecule has 0 bridgehead atoms. The summed E-state index contributed by atoms with van der Waals surface area (Å²) in [6, 6.07) is 5.70. The van der Waals surface area contributed by atoms with Gasteiger partial charge in [0.05, 0.1) is 12.2 Å². The largest absolute Gasteiger partial charge is 0.370 e. The third-order valence-electron chi connectivity index (χ3n) is 3.86. The molecular formula is C17H23N3O2. The molecule has 0 aromatic heterocycles. The van der Waals surface area contributed by atoms with Crippen LogP contribution in [0.15, 0.2) is 28.4 Å². The fourth-order valence-corrected chi connectivity index (χ4v) is 2.66. The van der Waals surface area contributed by atoms with Crippen LogP contribution in [-0.4, -0.2) is 18.2 Å². The van der Waals surface area contributed by atoms with Crippen molar-refractivity contribution < 1.29 is 9.59 Å². The molecule has 1 aliphatic carbocycles. The van der Waals surface area contributed by atoms with Crippen LogP contribution in [0.4, 0.5) is 5.69 Å². The van der Waals surface area contributed by atoms with E-state index >= 15 is 0 Å². The number of hydrogen-bond donors (Lipinski definition) is 1. The standard InChI is InChI=1S/C17H23N3O2/c18-17(22)8-3-1-2-4-11-19-20-14-9-10-15-13(12-14)6-5-7-16(15)21/h9-10,12H,1-8,11H2,(H2,18,22). The van der Waals surface area contributed by atoms with Crippen molar-refractivity contribution >= 4 is 17.4 Å². The van der Waals surface area contributed by atoms with Crippen molar-refractivity contribution in [2.75, 3.05) is 6.54 Å². The number of Topliss-reactive ketones (excluding diaryl/α,β-unsaturated/α-hetero) is 1. The van der Waals surface area contributed by atoms with Crippen molar-refractivity contribution in [1.82, 2.24) is 0 Å². The predicted molar refractivity (Wildman–Crippen MR) is 85.4 cm³/mol. The lowest BCUT2D eigenvalue weighted by Gasteiger charge is -2.14. The molecule has 1 amide bonds. The van der Waals surface area contributed by atoms with Gasteiger partial charge in [0, 0.05) is 18.4 Å². The van der Waals surface area contributed by atoms with Crippen molar-refractivity contribution in [2.45, 2.75) is 51.4 Å². The zero-order chi connectivity index (χ0) is 15.8. The van der Waals surface area contributed by atoms with Crippen LogP contribution in [-0.2, 0) is 11.2 Å². The number of ketones is 1. The molecule has 118 valence electrons. The first-order chi connectivity index (χ1) is 10.7. The highest BCUT2D eigenvalue weighted by molar-refractivity contribution is 5.98.